The summed E-state index contributed by atoms with van der Waals surface area (Å²) in [7, 11) is 0. The molecule has 2 N–H and O–H groups in total. The molecule has 1 heterocycles. The molecule has 1 aromatic carbocycles. The second kappa shape index (κ2) is 5.50. The van der Waals surface area contributed by atoms with Crippen molar-refractivity contribution in [1.29, 1.82) is 0 Å². The molecule has 1 saturated heterocycles. The fourth-order valence-electron chi connectivity index (χ4n) is 2.37. The molecule has 2 atom stereocenters. The second-order valence-corrected chi connectivity index (χ2v) is 5.07. The van der Waals surface area contributed by atoms with Crippen LogP contribution in [0.3, 0.4) is 0 Å². The molecule has 18 heavy (non-hydrogen) atoms. The largest absolute Gasteiger partial charge is 0.478 e. The Morgan fingerprint density at radius 3 is 2.61 bits per heavy atom. The van der Waals surface area contributed by atoms with E-state index in [4.69, 9.17) is 5.11 Å². The molecule has 1 aromatic rings. The molecule has 2 rings (SSSR count). The lowest BCUT2D eigenvalue weighted by Crippen LogP contribution is -2.41. The van der Waals surface area contributed by atoms with E-state index in [1.54, 1.807) is 12.1 Å². The highest BCUT2D eigenvalue weighted by Gasteiger charge is 2.23. The van der Waals surface area contributed by atoms with E-state index in [0.717, 1.165) is 31.6 Å². The molecular formula is C14H19NO3. The standard InChI is InChI=1S/C14H19NO3/c1-10-8-15(7-6-13(10)16)9-11-2-4-12(5-3-11)14(17)18/h2-5,10,13,16H,6-9H2,1H3,(H,17,18). The van der Waals surface area contributed by atoms with Crippen LogP contribution in [0, 0.1) is 5.92 Å². The summed E-state index contributed by atoms with van der Waals surface area (Å²) in [5.74, 6) is -0.590. The molecule has 1 aliphatic rings. The number of rotatable bonds is 3. The van der Waals surface area contributed by atoms with Crippen LogP contribution in [-0.4, -0.2) is 40.3 Å². The number of aromatic carboxylic acids is 1. The third-order valence-corrected chi connectivity index (χ3v) is 3.55. The molecule has 1 fully saturated rings. The number of hydrogen-bond donors (Lipinski definition) is 2. The predicted molar refractivity (Wildman–Crippen MR) is 68.5 cm³/mol. The van der Waals surface area contributed by atoms with Crippen molar-refractivity contribution in [2.45, 2.75) is 26.0 Å². The number of carbonyl (C=O) groups is 1. The van der Waals surface area contributed by atoms with Crippen molar-refractivity contribution in [3.05, 3.63) is 35.4 Å². The van der Waals surface area contributed by atoms with Gasteiger partial charge < -0.3 is 10.2 Å². The van der Waals surface area contributed by atoms with Gasteiger partial charge in [0.25, 0.3) is 0 Å². The smallest absolute Gasteiger partial charge is 0.335 e. The molecule has 0 aromatic heterocycles. The van der Waals surface area contributed by atoms with Gasteiger partial charge in [-0.25, -0.2) is 4.79 Å². The quantitative estimate of drug-likeness (QED) is 0.854. The van der Waals surface area contributed by atoms with Gasteiger partial charge in [-0.05, 0) is 30.0 Å². The van der Waals surface area contributed by atoms with Crippen LogP contribution >= 0.6 is 0 Å². The summed E-state index contributed by atoms with van der Waals surface area (Å²) in [6.45, 7) is 4.66. The van der Waals surface area contributed by atoms with Gasteiger partial charge >= 0.3 is 5.97 Å². The van der Waals surface area contributed by atoms with Gasteiger partial charge in [0.2, 0.25) is 0 Å². The fraction of sp³-hybridized carbons (Fsp3) is 0.500. The van der Waals surface area contributed by atoms with E-state index in [2.05, 4.69) is 11.8 Å². The minimum absolute atomic E-state index is 0.185. The van der Waals surface area contributed by atoms with Crippen LogP contribution < -0.4 is 0 Å². The Kier molecular flexibility index (Phi) is 3.99. The summed E-state index contributed by atoms with van der Waals surface area (Å²) in [5.41, 5.74) is 1.43. The van der Waals surface area contributed by atoms with Crippen LogP contribution in [0.1, 0.15) is 29.3 Å². The molecule has 0 radical (unpaired) electrons. The van der Waals surface area contributed by atoms with Crippen LogP contribution in [-0.2, 0) is 6.54 Å². The monoisotopic (exact) mass is 249 g/mol. The Labute approximate surface area is 107 Å². The number of benzene rings is 1. The molecule has 1 aliphatic heterocycles. The Morgan fingerprint density at radius 1 is 1.39 bits per heavy atom. The highest BCUT2D eigenvalue weighted by molar-refractivity contribution is 5.87. The van der Waals surface area contributed by atoms with Crippen LogP contribution in [0.15, 0.2) is 24.3 Å². The Bertz CT molecular complexity index is 416. The summed E-state index contributed by atoms with van der Waals surface area (Å²) in [5, 5.41) is 18.5. The van der Waals surface area contributed by atoms with E-state index in [1.807, 2.05) is 12.1 Å². The van der Waals surface area contributed by atoms with Crippen molar-refractivity contribution < 1.29 is 15.0 Å². The number of aliphatic hydroxyl groups excluding tert-OH is 1. The van der Waals surface area contributed by atoms with Gasteiger partial charge in [-0.15, -0.1) is 0 Å². The number of aliphatic hydroxyl groups is 1. The summed E-state index contributed by atoms with van der Waals surface area (Å²) in [6, 6.07) is 7.00. The number of carboxylic acids is 1. The van der Waals surface area contributed by atoms with Gasteiger partial charge in [0.05, 0.1) is 11.7 Å². The van der Waals surface area contributed by atoms with Crippen molar-refractivity contribution in [2.75, 3.05) is 13.1 Å². The topological polar surface area (TPSA) is 60.8 Å². The van der Waals surface area contributed by atoms with E-state index in [9.17, 15) is 9.90 Å². The zero-order valence-corrected chi connectivity index (χ0v) is 10.5. The Balaban J connectivity index is 1.95. The predicted octanol–water partition coefficient (Wildman–Crippen LogP) is 1.59. The minimum atomic E-state index is -0.892. The molecule has 98 valence electrons. The Morgan fingerprint density at radius 2 is 2.06 bits per heavy atom. The van der Waals surface area contributed by atoms with Crippen molar-refractivity contribution in [3.8, 4) is 0 Å². The molecule has 0 saturated carbocycles. The second-order valence-electron chi connectivity index (χ2n) is 5.07. The SMILES string of the molecule is CC1CN(Cc2ccc(C(=O)O)cc2)CCC1O. The highest BCUT2D eigenvalue weighted by atomic mass is 16.4. The van der Waals surface area contributed by atoms with Gasteiger partial charge in [-0.2, -0.15) is 0 Å². The van der Waals surface area contributed by atoms with Crippen LogP contribution in [0.4, 0.5) is 0 Å². The normalized spacial score (nSPS) is 25.0. The third kappa shape index (κ3) is 3.09. The number of nitrogens with zero attached hydrogens (tertiary/aromatic N) is 1. The van der Waals surface area contributed by atoms with Gasteiger partial charge in [0.1, 0.15) is 0 Å². The lowest BCUT2D eigenvalue weighted by atomic mass is 9.96. The third-order valence-electron chi connectivity index (χ3n) is 3.55. The maximum absolute atomic E-state index is 10.7. The first-order valence-corrected chi connectivity index (χ1v) is 6.29. The number of carboxylic acid groups (broad SMARTS) is 1. The highest BCUT2D eigenvalue weighted by Crippen LogP contribution is 2.18. The van der Waals surface area contributed by atoms with E-state index < -0.39 is 5.97 Å². The van der Waals surface area contributed by atoms with Crippen molar-refractivity contribution in [3.63, 3.8) is 0 Å². The maximum Gasteiger partial charge on any atom is 0.335 e. The van der Waals surface area contributed by atoms with Crippen LogP contribution in [0.25, 0.3) is 0 Å². The van der Waals surface area contributed by atoms with Crippen LogP contribution in [0.2, 0.25) is 0 Å². The van der Waals surface area contributed by atoms with Gasteiger partial charge in [-0.3, -0.25) is 4.90 Å². The zero-order valence-electron chi connectivity index (χ0n) is 10.5. The maximum atomic E-state index is 10.7. The molecule has 0 aliphatic carbocycles. The summed E-state index contributed by atoms with van der Waals surface area (Å²) in [4.78, 5) is 13.0. The summed E-state index contributed by atoms with van der Waals surface area (Å²) in [6.07, 6.45) is 0.629. The molecular weight excluding hydrogens is 230 g/mol. The van der Waals surface area contributed by atoms with Gasteiger partial charge in [0, 0.05) is 19.6 Å². The minimum Gasteiger partial charge on any atom is -0.478 e. The van der Waals surface area contributed by atoms with E-state index in [1.165, 1.54) is 0 Å². The first-order valence-electron chi connectivity index (χ1n) is 6.29. The lowest BCUT2D eigenvalue weighted by Gasteiger charge is -2.34. The zero-order chi connectivity index (χ0) is 13.1. The van der Waals surface area contributed by atoms with E-state index in [0.29, 0.717) is 11.5 Å². The molecule has 0 bridgehead atoms. The first kappa shape index (κ1) is 13.1. The van der Waals surface area contributed by atoms with Crippen molar-refractivity contribution >= 4 is 5.97 Å². The molecule has 4 nitrogen and oxygen atoms in total. The molecule has 2 unspecified atom stereocenters. The van der Waals surface area contributed by atoms with Crippen LogP contribution in [0.5, 0.6) is 0 Å². The van der Waals surface area contributed by atoms with Gasteiger partial charge in [-0.1, -0.05) is 19.1 Å². The average Bonchev–Trinajstić information content (AvgIpc) is 2.34. The molecule has 0 amide bonds. The van der Waals surface area contributed by atoms with Gasteiger partial charge in [0.15, 0.2) is 0 Å². The number of likely N-dealkylation sites (tertiary alicyclic amines) is 1. The first-order chi connectivity index (χ1) is 8.56. The van der Waals surface area contributed by atoms with Crippen molar-refractivity contribution in [1.82, 2.24) is 4.90 Å². The van der Waals surface area contributed by atoms with Crippen molar-refractivity contribution in [2.24, 2.45) is 5.92 Å². The number of hydrogen-bond acceptors (Lipinski definition) is 3. The molecule has 0 spiro atoms. The number of piperidine rings is 1. The molecule has 4 heteroatoms. The van der Waals surface area contributed by atoms with E-state index in [-0.39, 0.29) is 6.10 Å². The van der Waals surface area contributed by atoms with E-state index >= 15 is 0 Å². The average molecular weight is 249 g/mol. The summed E-state index contributed by atoms with van der Waals surface area (Å²) < 4.78 is 0. The Hall–Kier alpha value is -1.39. The lowest BCUT2D eigenvalue weighted by molar-refractivity contribution is 0.0320. The fourth-order valence-corrected chi connectivity index (χ4v) is 2.37. The summed E-state index contributed by atoms with van der Waals surface area (Å²) >= 11 is 0.